The Hall–Kier alpha value is -1.22. The van der Waals surface area contributed by atoms with Crippen LogP contribution in [0.4, 0.5) is 0 Å². The molecule has 86 valence electrons. The van der Waals surface area contributed by atoms with E-state index in [4.69, 9.17) is 5.53 Å². The third-order valence-electron chi connectivity index (χ3n) is 2.13. The van der Waals surface area contributed by atoms with Crippen LogP contribution in [0.15, 0.2) is 5.11 Å². The maximum atomic E-state index is 11.0. The van der Waals surface area contributed by atoms with Crippen LogP contribution in [0.25, 0.3) is 10.4 Å². The third kappa shape index (κ3) is 10.7. The van der Waals surface area contributed by atoms with Crippen molar-refractivity contribution in [3.63, 3.8) is 0 Å². The minimum Gasteiger partial charge on any atom is -0.356 e. The zero-order chi connectivity index (χ0) is 11.4. The van der Waals surface area contributed by atoms with Gasteiger partial charge in [-0.2, -0.15) is 0 Å². The number of nitrogens with zero attached hydrogens (tertiary/aromatic N) is 3. The Labute approximate surface area is 90.9 Å². The van der Waals surface area contributed by atoms with Crippen molar-refractivity contribution < 1.29 is 4.79 Å². The average Bonchev–Trinajstić information content (AvgIpc) is 2.25. The summed E-state index contributed by atoms with van der Waals surface area (Å²) in [6.07, 6.45) is 7.23. The van der Waals surface area contributed by atoms with Gasteiger partial charge in [0.2, 0.25) is 5.91 Å². The standard InChI is InChI=1S/C10H20N4O/c1-2-3-4-5-6-7-8-12-10(15)9-13-14-11/h2-9H2,1H3,(H,12,15). The molecule has 5 heteroatoms. The van der Waals surface area contributed by atoms with Crippen molar-refractivity contribution >= 4 is 5.91 Å². The first-order chi connectivity index (χ1) is 7.31. The molecule has 15 heavy (non-hydrogen) atoms. The van der Waals surface area contributed by atoms with E-state index < -0.39 is 0 Å². The number of carbonyl (C=O) groups is 1. The third-order valence-corrected chi connectivity index (χ3v) is 2.13. The fourth-order valence-corrected chi connectivity index (χ4v) is 1.28. The molecule has 0 aliphatic rings. The van der Waals surface area contributed by atoms with Gasteiger partial charge in [-0.15, -0.1) is 0 Å². The summed E-state index contributed by atoms with van der Waals surface area (Å²) in [5.74, 6) is -0.193. The van der Waals surface area contributed by atoms with Gasteiger partial charge in [0, 0.05) is 11.5 Å². The van der Waals surface area contributed by atoms with Crippen molar-refractivity contribution in [1.29, 1.82) is 0 Å². The van der Waals surface area contributed by atoms with Crippen LogP contribution in [-0.2, 0) is 4.79 Å². The molecule has 0 aliphatic heterocycles. The Morgan fingerprint density at radius 2 is 1.93 bits per heavy atom. The first-order valence-electron chi connectivity index (χ1n) is 5.58. The minimum absolute atomic E-state index is 0.0909. The Balaban J connectivity index is 3.16. The molecular weight excluding hydrogens is 192 g/mol. The topological polar surface area (TPSA) is 77.9 Å². The number of hydrogen-bond donors (Lipinski definition) is 1. The average molecular weight is 212 g/mol. The summed E-state index contributed by atoms with van der Waals surface area (Å²) in [6, 6.07) is 0. The van der Waals surface area contributed by atoms with Gasteiger partial charge in [0.15, 0.2) is 0 Å². The summed E-state index contributed by atoms with van der Waals surface area (Å²) in [4.78, 5) is 13.5. The fraction of sp³-hybridized carbons (Fsp3) is 0.900. The Bertz CT molecular complexity index is 211. The van der Waals surface area contributed by atoms with Crippen molar-refractivity contribution in [1.82, 2.24) is 5.32 Å². The van der Waals surface area contributed by atoms with E-state index in [-0.39, 0.29) is 12.5 Å². The van der Waals surface area contributed by atoms with Crippen LogP contribution in [0.2, 0.25) is 0 Å². The second-order valence-corrected chi connectivity index (χ2v) is 3.51. The van der Waals surface area contributed by atoms with Gasteiger partial charge in [0.25, 0.3) is 0 Å². The molecule has 0 fully saturated rings. The van der Waals surface area contributed by atoms with Crippen LogP contribution in [-0.4, -0.2) is 19.0 Å². The molecule has 1 amide bonds. The molecule has 0 heterocycles. The van der Waals surface area contributed by atoms with Gasteiger partial charge in [-0.05, 0) is 12.0 Å². The number of unbranched alkanes of at least 4 members (excludes halogenated alkanes) is 5. The van der Waals surface area contributed by atoms with Gasteiger partial charge < -0.3 is 5.32 Å². The van der Waals surface area contributed by atoms with Crippen LogP contribution in [0.1, 0.15) is 45.4 Å². The van der Waals surface area contributed by atoms with E-state index in [0.29, 0.717) is 6.54 Å². The predicted octanol–water partition coefficient (Wildman–Crippen LogP) is 2.77. The minimum atomic E-state index is -0.193. The fourth-order valence-electron chi connectivity index (χ4n) is 1.28. The lowest BCUT2D eigenvalue weighted by molar-refractivity contribution is -0.119. The molecule has 0 aromatic rings. The lowest BCUT2D eigenvalue weighted by Crippen LogP contribution is -2.26. The smallest absolute Gasteiger partial charge is 0.225 e. The molecular formula is C10H20N4O. The van der Waals surface area contributed by atoms with Crippen molar-refractivity contribution in [2.75, 3.05) is 13.1 Å². The zero-order valence-corrected chi connectivity index (χ0v) is 9.41. The van der Waals surface area contributed by atoms with E-state index in [9.17, 15) is 4.79 Å². The number of carbonyl (C=O) groups excluding carboxylic acids is 1. The highest BCUT2D eigenvalue weighted by Crippen LogP contribution is 2.03. The van der Waals surface area contributed by atoms with E-state index in [0.717, 1.165) is 12.8 Å². The quantitative estimate of drug-likeness (QED) is 0.271. The SMILES string of the molecule is CCCCCCCCNC(=O)CN=[N+]=[N-]. The second-order valence-electron chi connectivity index (χ2n) is 3.51. The molecule has 5 nitrogen and oxygen atoms in total. The molecule has 0 aromatic heterocycles. The Kier molecular flexibility index (Phi) is 9.98. The molecule has 0 rings (SSSR count). The number of nitrogens with one attached hydrogen (secondary N) is 1. The molecule has 0 saturated carbocycles. The summed E-state index contributed by atoms with van der Waals surface area (Å²) >= 11 is 0. The molecule has 0 radical (unpaired) electrons. The molecule has 1 N–H and O–H groups in total. The van der Waals surface area contributed by atoms with Crippen LogP contribution in [0.3, 0.4) is 0 Å². The van der Waals surface area contributed by atoms with Crippen LogP contribution in [0, 0.1) is 0 Å². The summed E-state index contributed by atoms with van der Waals surface area (Å²) in [5, 5.41) is 5.88. The van der Waals surface area contributed by atoms with E-state index in [2.05, 4.69) is 22.3 Å². The summed E-state index contributed by atoms with van der Waals surface area (Å²) < 4.78 is 0. The van der Waals surface area contributed by atoms with Gasteiger partial charge in [0.05, 0.1) is 0 Å². The molecule has 0 aliphatic carbocycles. The van der Waals surface area contributed by atoms with E-state index in [1.54, 1.807) is 0 Å². The maximum absolute atomic E-state index is 11.0. The summed E-state index contributed by atoms with van der Waals surface area (Å²) in [6.45, 7) is 2.79. The lowest BCUT2D eigenvalue weighted by atomic mass is 10.1. The monoisotopic (exact) mass is 212 g/mol. The highest BCUT2D eigenvalue weighted by molar-refractivity contribution is 5.78. The van der Waals surface area contributed by atoms with Crippen LogP contribution in [0.5, 0.6) is 0 Å². The van der Waals surface area contributed by atoms with Crippen molar-refractivity contribution in [3.05, 3.63) is 10.4 Å². The van der Waals surface area contributed by atoms with Crippen molar-refractivity contribution in [2.45, 2.75) is 45.4 Å². The largest absolute Gasteiger partial charge is 0.356 e. The number of rotatable bonds is 9. The molecule has 0 saturated heterocycles. The summed E-state index contributed by atoms with van der Waals surface area (Å²) in [5.41, 5.74) is 7.99. The van der Waals surface area contributed by atoms with Gasteiger partial charge in [0.1, 0.15) is 6.54 Å². The van der Waals surface area contributed by atoms with Gasteiger partial charge in [-0.3, -0.25) is 4.79 Å². The first-order valence-corrected chi connectivity index (χ1v) is 5.58. The molecule has 0 spiro atoms. The molecule has 0 bridgehead atoms. The van der Waals surface area contributed by atoms with Gasteiger partial charge in [-0.1, -0.05) is 44.1 Å². The highest BCUT2D eigenvalue weighted by Gasteiger charge is 1.96. The molecule has 0 unspecified atom stereocenters. The summed E-state index contributed by atoms with van der Waals surface area (Å²) in [7, 11) is 0. The zero-order valence-electron chi connectivity index (χ0n) is 9.41. The molecule has 0 atom stereocenters. The lowest BCUT2D eigenvalue weighted by Gasteiger charge is -2.02. The maximum Gasteiger partial charge on any atom is 0.225 e. The van der Waals surface area contributed by atoms with Crippen LogP contribution >= 0.6 is 0 Å². The van der Waals surface area contributed by atoms with E-state index in [1.165, 1.54) is 25.7 Å². The number of amides is 1. The first kappa shape index (κ1) is 13.8. The normalized spacial score (nSPS) is 9.40. The number of hydrogen-bond acceptors (Lipinski definition) is 2. The second kappa shape index (κ2) is 10.9. The van der Waals surface area contributed by atoms with Gasteiger partial charge >= 0.3 is 0 Å². The van der Waals surface area contributed by atoms with Crippen molar-refractivity contribution in [3.8, 4) is 0 Å². The van der Waals surface area contributed by atoms with E-state index in [1.807, 2.05) is 0 Å². The highest BCUT2D eigenvalue weighted by atomic mass is 16.1. The van der Waals surface area contributed by atoms with Crippen LogP contribution < -0.4 is 5.32 Å². The van der Waals surface area contributed by atoms with E-state index >= 15 is 0 Å². The predicted molar refractivity (Wildman–Crippen MR) is 60.4 cm³/mol. The Morgan fingerprint density at radius 1 is 1.27 bits per heavy atom. The molecule has 0 aromatic carbocycles. The number of azide groups is 1. The van der Waals surface area contributed by atoms with Crippen molar-refractivity contribution in [2.24, 2.45) is 5.11 Å². The van der Waals surface area contributed by atoms with Gasteiger partial charge in [-0.25, -0.2) is 0 Å². The Morgan fingerprint density at radius 3 is 2.60 bits per heavy atom.